The second kappa shape index (κ2) is 9.23. The Labute approximate surface area is 204 Å². The third kappa shape index (κ3) is 4.61. The zero-order valence-corrected chi connectivity index (χ0v) is 19.1. The van der Waals surface area contributed by atoms with E-state index < -0.39 is 29.6 Å². The van der Waals surface area contributed by atoms with Crippen LogP contribution in [-0.2, 0) is 6.54 Å². The number of aromatic hydroxyl groups is 2. The summed E-state index contributed by atoms with van der Waals surface area (Å²) in [6.45, 7) is 2.91. The minimum atomic E-state index is -4.73. The lowest BCUT2D eigenvalue weighted by Crippen LogP contribution is -2.48. The second-order valence-electron chi connectivity index (χ2n) is 8.79. The van der Waals surface area contributed by atoms with E-state index in [1.807, 2.05) is 30.3 Å². The summed E-state index contributed by atoms with van der Waals surface area (Å²) in [5.41, 5.74) is 0.451. The zero-order valence-electron chi connectivity index (χ0n) is 19.1. The van der Waals surface area contributed by atoms with Crippen molar-refractivity contribution in [2.24, 2.45) is 0 Å². The van der Waals surface area contributed by atoms with E-state index in [9.17, 15) is 28.2 Å². The van der Waals surface area contributed by atoms with Crippen molar-refractivity contribution in [2.45, 2.75) is 18.8 Å². The fraction of sp³-hybridized carbons (Fsp3) is 0.280. The highest BCUT2D eigenvalue weighted by Gasteiger charge is 2.41. The number of hydrogen-bond acceptors (Lipinski definition) is 6. The predicted molar refractivity (Wildman–Crippen MR) is 126 cm³/mol. The quantitative estimate of drug-likeness (QED) is 0.473. The number of phenolic OH excluding ortho intramolecular Hbond substituents is 2. The van der Waals surface area contributed by atoms with Gasteiger partial charge in [0.2, 0.25) is 0 Å². The van der Waals surface area contributed by atoms with Gasteiger partial charge < -0.3 is 20.4 Å². The number of carbonyl (C=O) groups is 1. The highest BCUT2D eigenvalue weighted by atomic mass is 19.4. The van der Waals surface area contributed by atoms with Gasteiger partial charge in [0.15, 0.2) is 11.5 Å². The van der Waals surface area contributed by atoms with Gasteiger partial charge in [-0.1, -0.05) is 36.4 Å². The van der Waals surface area contributed by atoms with Crippen LogP contribution in [0.2, 0.25) is 0 Å². The Morgan fingerprint density at radius 1 is 1.03 bits per heavy atom. The molecule has 188 valence electrons. The lowest BCUT2D eigenvalue weighted by molar-refractivity contribution is -0.0747. The lowest BCUT2D eigenvalue weighted by atomic mass is 10.0. The van der Waals surface area contributed by atoms with Crippen molar-refractivity contribution in [3.05, 3.63) is 77.5 Å². The molecule has 1 atom stereocenters. The molecule has 2 aliphatic rings. The first-order valence-electron chi connectivity index (χ1n) is 11.4. The molecule has 1 aromatic heterocycles. The van der Waals surface area contributed by atoms with Crippen LogP contribution < -0.4 is 5.32 Å². The van der Waals surface area contributed by atoms with Crippen LogP contribution in [0.5, 0.6) is 11.5 Å². The number of phenols is 2. The van der Waals surface area contributed by atoms with Gasteiger partial charge in [-0.3, -0.25) is 9.69 Å². The summed E-state index contributed by atoms with van der Waals surface area (Å²) in [6, 6.07) is 12.7. The molecule has 1 saturated heterocycles. The van der Waals surface area contributed by atoms with Crippen LogP contribution in [0.1, 0.15) is 27.5 Å². The molecule has 2 aliphatic heterocycles. The second-order valence-corrected chi connectivity index (χ2v) is 8.79. The molecular formula is C25H24F3N5O3. The number of halogens is 3. The van der Waals surface area contributed by atoms with E-state index in [0.717, 1.165) is 18.8 Å². The Bertz CT molecular complexity index is 1300. The number of allylic oxidation sites excluding steroid dienone is 1. The topological polar surface area (TPSA) is 93.9 Å². The molecule has 0 spiro atoms. The minimum Gasteiger partial charge on any atom is -0.504 e. The number of benzene rings is 2. The first kappa shape index (κ1) is 23.7. The molecule has 2 aromatic carbocycles. The maximum absolute atomic E-state index is 13.9. The number of nitrogens with zero attached hydrogens (tertiary/aromatic N) is 4. The van der Waals surface area contributed by atoms with Gasteiger partial charge in [0.1, 0.15) is 17.1 Å². The molecule has 3 heterocycles. The molecule has 3 N–H and O–H groups in total. The maximum atomic E-state index is 13.9. The fourth-order valence-corrected chi connectivity index (χ4v) is 4.49. The number of hydrogen-bond donors (Lipinski definition) is 3. The van der Waals surface area contributed by atoms with E-state index >= 15 is 0 Å². The first-order chi connectivity index (χ1) is 17.2. The fourth-order valence-electron chi connectivity index (χ4n) is 4.49. The average Bonchev–Trinajstić information content (AvgIpc) is 3.29. The third-order valence-corrected chi connectivity index (χ3v) is 6.40. The van der Waals surface area contributed by atoms with Crippen molar-refractivity contribution in [2.75, 3.05) is 31.5 Å². The predicted octanol–water partition coefficient (Wildman–Crippen LogP) is 3.82. The number of amides is 1. The van der Waals surface area contributed by atoms with Crippen molar-refractivity contribution in [1.29, 1.82) is 0 Å². The molecule has 36 heavy (non-hydrogen) atoms. The molecule has 0 bridgehead atoms. The number of alkyl halides is 3. The van der Waals surface area contributed by atoms with Crippen LogP contribution in [0.3, 0.4) is 0 Å². The smallest absolute Gasteiger partial charge is 0.433 e. The molecule has 5 rings (SSSR count). The van der Waals surface area contributed by atoms with E-state index in [1.54, 1.807) is 4.90 Å². The van der Waals surface area contributed by atoms with Crippen LogP contribution in [0, 0.1) is 0 Å². The summed E-state index contributed by atoms with van der Waals surface area (Å²) in [5.74, 6) is -1.32. The van der Waals surface area contributed by atoms with Gasteiger partial charge in [-0.2, -0.15) is 18.3 Å². The van der Waals surface area contributed by atoms with E-state index in [2.05, 4.69) is 15.3 Å². The number of anilines is 1. The molecule has 1 unspecified atom stereocenters. The normalized spacial score (nSPS) is 18.4. The average molecular weight is 499 g/mol. The summed E-state index contributed by atoms with van der Waals surface area (Å²) in [7, 11) is 0. The number of nitrogens with one attached hydrogen (secondary N) is 1. The van der Waals surface area contributed by atoms with Crippen LogP contribution in [0.15, 0.2) is 60.8 Å². The van der Waals surface area contributed by atoms with Crippen molar-refractivity contribution < 1.29 is 28.2 Å². The van der Waals surface area contributed by atoms with Gasteiger partial charge in [0, 0.05) is 32.7 Å². The van der Waals surface area contributed by atoms with E-state index in [4.69, 9.17) is 0 Å². The number of aromatic nitrogens is 2. The van der Waals surface area contributed by atoms with Crippen LogP contribution in [0.25, 0.3) is 5.70 Å². The van der Waals surface area contributed by atoms with Crippen molar-refractivity contribution in [3.63, 3.8) is 0 Å². The maximum Gasteiger partial charge on any atom is 0.433 e. The number of rotatable bonds is 4. The van der Waals surface area contributed by atoms with Crippen molar-refractivity contribution >= 4 is 17.4 Å². The lowest BCUT2D eigenvalue weighted by Gasteiger charge is -2.35. The third-order valence-electron chi connectivity index (χ3n) is 6.40. The van der Waals surface area contributed by atoms with Gasteiger partial charge in [-0.15, -0.1) is 0 Å². The Morgan fingerprint density at radius 2 is 1.75 bits per heavy atom. The molecule has 0 aliphatic carbocycles. The molecular weight excluding hydrogens is 475 g/mol. The van der Waals surface area contributed by atoms with Gasteiger partial charge in [-0.25, -0.2) is 4.68 Å². The van der Waals surface area contributed by atoms with Gasteiger partial charge in [-0.05, 0) is 29.3 Å². The molecule has 1 amide bonds. The Morgan fingerprint density at radius 3 is 2.42 bits per heavy atom. The Balaban J connectivity index is 1.37. The van der Waals surface area contributed by atoms with E-state index in [1.165, 1.54) is 23.8 Å². The van der Waals surface area contributed by atoms with E-state index in [-0.39, 0.29) is 22.7 Å². The summed E-state index contributed by atoms with van der Waals surface area (Å²) in [4.78, 5) is 17.2. The number of fused-ring (bicyclic) bond motifs is 1. The summed E-state index contributed by atoms with van der Waals surface area (Å²) < 4.78 is 42.4. The molecule has 0 radical (unpaired) electrons. The van der Waals surface area contributed by atoms with Crippen LogP contribution in [0.4, 0.5) is 19.0 Å². The molecule has 0 saturated carbocycles. The molecule has 3 aromatic rings. The summed E-state index contributed by atoms with van der Waals surface area (Å²) in [6.07, 6.45) is -2.65. The van der Waals surface area contributed by atoms with Crippen molar-refractivity contribution in [1.82, 2.24) is 19.6 Å². The Kier molecular flexibility index (Phi) is 6.09. The highest BCUT2D eigenvalue weighted by Crippen LogP contribution is 2.41. The minimum absolute atomic E-state index is 0.0364. The molecule has 1 fully saturated rings. The van der Waals surface area contributed by atoms with E-state index in [0.29, 0.717) is 30.9 Å². The monoisotopic (exact) mass is 499 g/mol. The standard InChI is InChI=1S/C25H24F3N5O3/c26-25(27,28)22-13-19(17-6-7-20(34)21(35)12-17)30-23-18(14-29-33(22)23)24(36)32-10-8-31(9-11-32)15-16-4-2-1-3-5-16/h1-7,12-14,19,30,34-35H,8-11,15H2. The number of carbonyl (C=O) groups excluding carboxylic acids is 1. The highest BCUT2D eigenvalue weighted by molar-refractivity contribution is 5.99. The largest absolute Gasteiger partial charge is 0.504 e. The summed E-state index contributed by atoms with van der Waals surface area (Å²) >= 11 is 0. The van der Waals surface area contributed by atoms with Gasteiger partial charge >= 0.3 is 6.18 Å². The van der Waals surface area contributed by atoms with Crippen molar-refractivity contribution in [3.8, 4) is 11.5 Å². The van der Waals surface area contributed by atoms with Crippen LogP contribution >= 0.6 is 0 Å². The van der Waals surface area contributed by atoms with Crippen LogP contribution in [-0.4, -0.2) is 68.1 Å². The Hall–Kier alpha value is -3.99. The van der Waals surface area contributed by atoms with Gasteiger partial charge in [0.05, 0.1) is 12.2 Å². The SMILES string of the molecule is O=C(c1cnn2c1NC(c1ccc(O)c(O)c1)C=C2C(F)(F)F)N1CCN(Cc2ccccc2)CC1. The number of piperazine rings is 1. The molecule has 11 heteroatoms. The molecule has 8 nitrogen and oxygen atoms in total. The first-order valence-corrected chi connectivity index (χ1v) is 11.4. The summed E-state index contributed by atoms with van der Waals surface area (Å²) in [5, 5.41) is 26.2. The zero-order chi connectivity index (χ0) is 25.4. The van der Waals surface area contributed by atoms with Gasteiger partial charge in [0.25, 0.3) is 5.91 Å².